The lowest BCUT2D eigenvalue weighted by Crippen LogP contribution is -2.47. The molecule has 8 heteroatoms. The molecule has 4 rings (SSSR count). The first-order valence-corrected chi connectivity index (χ1v) is 10.6. The Labute approximate surface area is 181 Å². The normalized spacial score (nSPS) is 18.0. The van der Waals surface area contributed by atoms with Gasteiger partial charge in [0.2, 0.25) is 0 Å². The van der Waals surface area contributed by atoms with E-state index >= 15 is 0 Å². The number of carbonyl (C=O) groups excluding carboxylic acids is 2. The van der Waals surface area contributed by atoms with Crippen LogP contribution in [0.15, 0.2) is 33.8 Å². The summed E-state index contributed by atoms with van der Waals surface area (Å²) in [6.07, 6.45) is 2.32. The molecule has 1 saturated heterocycles. The van der Waals surface area contributed by atoms with E-state index < -0.39 is 0 Å². The van der Waals surface area contributed by atoms with Gasteiger partial charge in [0.15, 0.2) is 5.76 Å². The molecule has 164 valence electrons. The van der Waals surface area contributed by atoms with Crippen LogP contribution in [-0.2, 0) is 6.42 Å². The summed E-state index contributed by atoms with van der Waals surface area (Å²) >= 11 is 0. The zero-order valence-electron chi connectivity index (χ0n) is 18.2. The molecule has 8 nitrogen and oxygen atoms in total. The number of piperazine rings is 1. The molecule has 2 amide bonds. The van der Waals surface area contributed by atoms with Gasteiger partial charge in [-0.1, -0.05) is 12.1 Å². The number of hydrazone groups is 1. The van der Waals surface area contributed by atoms with Crippen molar-refractivity contribution in [3.63, 3.8) is 0 Å². The molecule has 0 spiro atoms. The second kappa shape index (κ2) is 8.93. The number of nitrogens with zero attached hydrogens (tertiary/aromatic N) is 3. The molecule has 1 aliphatic carbocycles. The molecule has 2 heterocycles. The van der Waals surface area contributed by atoms with E-state index in [1.807, 2.05) is 17.9 Å². The summed E-state index contributed by atoms with van der Waals surface area (Å²) in [5, 5.41) is 4.40. The highest BCUT2D eigenvalue weighted by Crippen LogP contribution is 2.31. The fourth-order valence-corrected chi connectivity index (χ4v) is 4.15. The number of fused-ring (bicyclic) bond motifs is 1. The first-order valence-electron chi connectivity index (χ1n) is 10.6. The predicted octanol–water partition coefficient (Wildman–Crippen LogP) is 2.45. The Hall–Kier alpha value is -3.13. The quantitative estimate of drug-likeness (QED) is 0.762. The van der Waals surface area contributed by atoms with Crippen LogP contribution in [0.3, 0.4) is 0 Å². The van der Waals surface area contributed by atoms with Gasteiger partial charge in [0, 0.05) is 43.7 Å². The van der Waals surface area contributed by atoms with Crippen molar-refractivity contribution in [3.8, 4) is 5.75 Å². The molecule has 1 aromatic heterocycles. The van der Waals surface area contributed by atoms with Gasteiger partial charge < -0.3 is 19.0 Å². The molecule has 31 heavy (non-hydrogen) atoms. The van der Waals surface area contributed by atoms with Gasteiger partial charge in [-0.3, -0.25) is 9.59 Å². The van der Waals surface area contributed by atoms with Gasteiger partial charge in [-0.15, -0.1) is 0 Å². The summed E-state index contributed by atoms with van der Waals surface area (Å²) in [7, 11) is 3.58. The summed E-state index contributed by atoms with van der Waals surface area (Å²) in [5.74, 6) is 1.24. The first kappa shape index (κ1) is 21.1. The SMILES string of the molecule is COc1ccccc1C(=O)N/N=C1\CCCc2oc(C(=O)N3CCN(C)CC3)c(C)c21. The van der Waals surface area contributed by atoms with Crippen molar-refractivity contribution in [2.24, 2.45) is 5.10 Å². The number of para-hydroxylation sites is 1. The van der Waals surface area contributed by atoms with Crippen LogP contribution >= 0.6 is 0 Å². The van der Waals surface area contributed by atoms with Crippen molar-refractivity contribution in [1.82, 2.24) is 15.2 Å². The molecule has 1 aliphatic heterocycles. The zero-order valence-corrected chi connectivity index (χ0v) is 18.2. The van der Waals surface area contributed by atoms with E-state index in [9.17, 15) is 9.59 Å². The van der Waals surface area contributed by atoms with Gasteiger partial charge in [0.25, 0.3) is 11.8 Å². The molecule has 1 N–H and O–H groups in total. The van der Waals surface area contributed by atoms with Gasteiger partial charge in [-0.05, 0) is 38.9 Å². The molecule has 2 aromatic rings. The average molecular weight is 425 g/mol. The number of hydrogen-bond donors (Lipinski definition) is 1. The molecule has 0 unspecified atom stereocenters. The van der Waals surface area contributed by atoms with Crippen LogP contribution in [0.25, 0.3) is 0 Å². The number of carbonyl (C=O) groups is 2. The van der Waals surface area contributed by atoms with Crippen LogP contribution in [0, 0.1) is 6.92 Å². The maximum absolute atomic E-state index is 13.1. The smallest absolute Gasteiger partial charge is 0.289 e. The van der Waals surface area contributed by atoms with Crippen molar-refractivity contribution in [2.45, 2.75) is 26.2 Å². The standard InChI is InChI=1S/C23H28N4O4/c1-15-20-17(24-25-22(28)16-7-4-5-9-18(16)30-3)8-6-10-19(20)31-21(15)23(29)27-13-11-26(2)12-14-27/h4-5,7,9H,6,8,10-14H2,1-3H3,(H,25,28)/b24-17+. The summed E-state index contributed by atoms with van der Waals surface area (Å²) < 4.78 is 11.3. The highest BCUT2D eigenvalue weighted by molar-refractivity contribution is 6.07. The van der Waals surface area contributed by atoms with Crippen LogP contribution in [0.4, 0.5) is 0 Å². The van der Waals surface area contributed by atoms with Crippen molar-refractivity contribution < 1.29 is 18.7 Å². The number of methoxy groups -OCH3 is 1. The number of amides is 2. The molecule has 0 bridgehead atoms. The predicted molar refractivity (Wildman–Crippen MR) is 117 cm³/mol. The Kier molecular flexibility index (Phi) is 6.08. The maximum atomic E-state index is 13.1. The Morgan fingerprint density at radius 3 is 2.61 bits per heavy atom. The number of benzene rings is 1. The fourth-order valence-electron chi connectivity index (χ4n) is 4.15. The third-order valence-electron chi connectivity index (χ3n) is 5.95. The number of hydrogen-bond acceptors (Lipinski definition) is 6. The largest absolute Gasteiger partial charge is 0.496 e. The van der Waals surface area contributed by atoms with Gasteiger partial charge in [-0.2, -0.15) is 5.10 Å². The van der Waals surface area contributed by atoms with Crippen molar-refractivity contribution in [2.75, 3.05) is 40.3 Å². The molecule has 2 aliphatic rings. The molecule has 0 atom stereocenters. The molecular formula is C23H28N4O4. The Morgan fingerprint density at radius 2 is 1.87 bits per heavy atom. The minimum Gasteiger partial charge on any atom is -0.496 e. The van der Waals surface area contributed by atoms with Crippen molar-refractivity contribution >= 4 is 17.5 Å². The first-order chi connectivity index (χ1) is 15.0. The lowest BCUT2D eigenvalue weighted by atomic mass is 9.93. The summed E-state index contributed by atoms with van der Waals surface area (Å²) in [6, 6.07) is 7.01. The van der Waals surface area contributed by atoms with Crippen molar-refractivity contribution in [1.29, 1.82) is 0 Å². The Balaban J connectivity index is 1.56. The second-order valence-corrected chi connectivity index (χ2v) is 8.00. The molecule has 1 aromatic carbocycles. The van der Waals surface area contributed by atoms with Gasteiger partial charge in [0.1, 0.15) is 11.5 Å². The number of aryl methyl sites for hydroxylation is 1. The number of likely N-dealkylation sites (N-methyl/N-ethyl adjacent to an activating group) is 1. The van der Waals surface area contributed by atoms with Crippen LogP contribution in [0.5, 0.6) is 5.75 Å². The highest BCUT2D eigenvalue weighted by atomic mass is 16.5. The topological polar surface area (TPSA) is 87.4 Å². The van der Waals surface area contributed by atoms with Crippen LogP contribution in [0.2, 0.25) is 0 Å². The molecular weight excluding hydrogens is 396 g/mol. The van der Waals surface area contributed by atoms with Crippen LogP contribution in [-0.4, -0.2) is 67.7 Å². The monoisotopic (exact) mass is 424 g/mol. The molecule has 0 saturated carbocycles. The van der Waals surface area contributed by atoms with Gasteiger partial charge in [0.05, 0.1) is 18.4 Å². The van der Waals surface area contributed by atoms with E-state index in [-0.39, 0.29) is 11.8 Å². The van der Waals surface area contributed by atoms with Crippen LogP contribution < -0.4 is 10.2 Å². The zero-order chi connectivity index (χ0) is 22.0. The number of nitrogens with one attached hydrogen (secondary N) is 1. The average Bonchev–Trinajstić information content (AvgIpc) is 3.14. The maximum Gasteiger partial charge on any atom is 0.289 e. The molecule has 1 fully saturated rings. The Morgan fingerprint density at radius 1 is 1.13 bits per heavy atom. The summed E-state index contributed by atoms with van der Waals surface area (Å²) in [5.41, 5.74) is 5.45. The minimum absolute atomic E-state index is 0.0718. The number of ether oxygens (including phenoxy) is 1. The van der Waals surface area contributed by atoms with E-state index in [4.69, 9.17) is 9.15 Å². The third-order valence-corrected chi connectivity index (χ3v) is 5.95. The number of rotatable bonds is 4. The van der Waals surface area contributed by atoms with Gasteiger partial charge in [-0.25, -0.2) is 5.43 Å². The van der Waals surface area contributed by atoms with Crippen molar-refractivity contribution in [3.05, 3.63) is 52.5 Å². The summed E-state index contributed by atoms with van der Waals surface area (Å²) in [6.45, 7) is 4.99. The summed E-state index contributed by atoms with van der Waals surface area (Å²) in [4.78, 5) is 29.7. The van der Waals surface area contributed by atoms with E-state index in [0.29, 0.717) is 36.6 Å². The Bertz CT molecular complexity index is 1020. The van der Waals surface area contributed by atoms with E-state index in [0.717, 1.165) is 48.5 Å². The lowest BCUT2D eigenvalue weighted by molar-refractivity contribution is 0.0629. The number of furan rings is 1. The third kappa shape index (κ3) is 4.20. The van der Waals surface area contributed by atoms with E-state index in [1.54, 1.807) is 18.2 Å². The lowest BCUT2D eigenvalue weighted by Gasteiger charge is -2.31. The second-order valence-electron chi connectivity index (χ2n) is 8.00. The minimum atomic E-state index is -0.341. The van der Waals surface area contributed by atoms with E-state index in [1.165, 1.54) is 7.11 Å². The van der Waals surface area contributed by atoms with E-state index in [2.05, 4.69) is 22.5 Å². The fraction of sp³-hybridized carbons (Fsp3) is 0.435. The highest BCUT2D eigenvalue weighted by Gasteiger charge is 2.31. The molecule has 0 radical (unpaired) electrons. The van der Waals surface area contributed by atoms with Gasteiger partial charge >= 0.3 is 0 Å². The van der Waals surface area contributed by atoms with Crippen LogP contribution in [0.1, 0.15) is 50.6 Å².